The monoisotopic (exact) mass is 831 g/mol. The number of allylic oxidation sites excluding steroid dienone is 2. The lowest BCUT2D eigenvalue weighted by Crippen LogP contribution is -3.11. The minimum atomic E-state index is -4.32. The molecule has 2 aliphatic rings. The quantitative estimate of drug-likeness (QED) is 0.0924. The van der Waals surface area contributed by atoms with Crippen molar-refractivity contribution in [2.24, 2.45) is 0 Å². The van der Waals surface area contributed by atoms with Gasteiger partial charge in [-0.2, -0.15) is 0 Å². The van der Waals surface area contributed by atoms with Crippen LogP contribution < -0.4 is 24.2 Å². The molecule has 312 valence electrons. The van der Waals surface area contributed by atoms with Crippen LogP contribution in [0, 0.1) is 0 Å². The molecule has 11 nitrogen and oxygen atoms in total. The molecule has 4 aromatic carbocycles. The largest absolute Gasteiger partial charge is 0.748 e. The third-order valence-electron chi connectivity index (χ3n) is 10.6. The van der Waals surface area contributed by atoms with Crippen LogP contribution in [-0.2, 0) is 20.2 Å². The van der Waals surface area contributed by atoms with Crippen molar-refractivity contribution in [1.29, 1.82) is 0 Å². The van der Waals surface area contributed by atoms with Gasteiger partial charge < -0.3 is 28.4 Å². The Morgan fingerprint density at radius 1 is 0.707 bits per heavy atom. The van der Waals surface area contributed by atoms with Crippen LogP contribution >= 0.6 is 0 Å². The summed E-state index contributed by atoms with van der Waals surface area (Å²) in [5.74, 6) is 1.15. The highest BCUT2D eigenvalue weighted by atomic mass is 32.2. The second-order valence-corrected chi connectivity index (χ2v) is 17.6. The Morgan fingerprint density at radius 2 is 1.26 bits per heavy atom. The summed E-state index contributed by atoms with van der Waals surface area (Å²) >= 11 is 0. The molecule has 0 saturated carbocycles. The lowest BCUT2D eigenvalue weighted by Gasteiger charge is -2.20. The van der Waals surface area contributed by atoms with Crippen LogP contribution in [-0.4, -0.2) is 76.4 Å². The van der Waals surface area contributed by atoms with Crippen molar-refractivity contribution in [2.75, 3.05) is 49.1 Å². The molecule has 13 heteroatoms. The van der Waals surface area contributed by atoms with E-state index in [-0.39, 0.29) is 12.8 Å². The molecule has 0 aliphatic carbocycles. The van der Waals surface area contributed by atoms with Gasteiger partial charge in [-0.15, -0.1) is 0 Å². The molecule has 2 heterocycles. The number of fused-ring (bicyclic) bond motifs is 2. The minimum Gasteiger partial charge on any atom is -0.748 e. The molecule has 2 atom stereocenters. The fourth-order valence-corrected chi connectivity index (χ4v) is 8.35. The maximum absolute atomic E-state index is 11.3. The summed E-state index contributed by atoms with van der Waals surface area (Å²) in [5, 5.41) is 0. The highest BCUT2D eigenvalue weighted by molar-refractivity contribution is 7.85. The molecule has 0 amide bonds. The van der Waals surface area contributed by atoms with E-state index in [0.717, 1.165) is 49.9 Å². The van der Waals surface area contributed by atoms with E-state index in [9.17, 15) is 25.9 Å². The molecule has 0 spiro atoms. The maximum atomic E-state index is 11.3. The predicted octanol–water partition coefficient (Wildman–Crippen LogP) is 5.91. The molecule has 4 aromatic rings. The third-order valence-corrected chi connectivity index (χ3v) is 12.1. The molecule has 0 aromatic heterocycles. The van der Waals surface area contributed by atoms with Crippen LogP contribution in [0.3, 0.4) is 0 Å². The SMILES string of the molecule is CCC(=C/C1Oc2ccc(-c3ccccc3)cc2[NH+]1CCCCS(=O)(=O)[O-])/C=C1/Oc2ccc(-c3ccccc3)cc2N1CCCCS(=O)(=O)[O-].CC[NH+](CC)CC. The summed E-state index contributed by atoms with van der Waals surface area (Å²) in [5.41, 5.74) is 6.90. The van der Waals surface area contributed by atoms with E-state index in [1.165, 1.54) is 19.6 Å². The van der Waals surface area contributed by atoms with Crippen molar-refractivity contribution in [3.8, 4) is 33.8 Å². The molecule has 58 heavy (non-hydrogen) atoms. The van der Waals surface area contributed by atoms with Crippen LogP contribution in [0.2, 0.25) is 0 Å². The van der Waals surface area contributed by atoms with Crippen LogP contribution in [0.5, 0.6) is 11.5 Å². The molecule has 0 bridgehead atoms. The first-order valence-electron chi connectivity index (χ1n) is 20.3. The Hall–Kier alpha value is -4.50. The molecular formula is C45H57N3O8S2. The van der Waals surface area contributed by atoms with Gasteiger partial charge in [-0.1, -0.05) is 79.7 Å². The normalized spacial score (nSPS) is 17.1. The number of ether oxygens (including phenoxy) is 2. The van der Waals surface area contributed by atoms with Crippen LogP contribution in [0.4, 0.5) is 11.4 Å². The summed E-state index contributed by atoms with van der Waals surface area (Å²) in [6, 6.07) is 32.1. The van der Waals surface area contributed by atoms with Gasteiger partial charge in [-0.3, -0.25) is 4.90 Å². The molecule has 2 N–H and O–H groups in total. The third kappa shape index (κ3) is 12.7. The second kappa shape index (κ2) is 21.0. The van der Waals surface area contributed by atoms with Crippen LogP contribution in [0.25, 0.3) is 22.3 Å². The van der Waals surface area contributed by atoms with Crippen molar-refractivity contribution >= 4 is 31.6 Å². The molecule has 0 fully saturated rings. The smallest absolute Gasteiger partial charge is 0.257 e. The van der Waals surface area contributed by atoms with Gasteiger partial charge in [-0.25, -0.2) is 16.8 Å². The van der Waals surface area contributed by atoms with E-state index in [0.29, 0.717) is 44.0 Å². The Balaban J connectivity index is 0.000000839. The first kappa shape index (κ1) is 44.6. The zero-order chi connectivity index (χ0) is 41.7. The summed E-state index contributed by atoms with van der Waals surface area (Å²) in [6.45, 7) is 13.5. The number of unbranched alkanes of at least 4 members (excludes halogenated alkanes) is 2. The number of hydrogen-bond acceptors (Lipinski definition) is 9. The first-order chi connectivity index (χ1) is 27.8. The lowest BCUT2D eigenvalue weighted by molar-refractivity contribution is -0.894. The average Bonchev–Trinajstić information content (AvgIpc) is 3.74. The number of anilines is 1. The summed E-state index contributed by atoms with van der Waals surface area (Å²) in [7, 11) is -8.63. The molecule has 2 aliphatic heterocycles. The van der Waals surface area contributed by atoms with Crippen molar-refractivity contribution in [3.63, 3.8) is 0 Å². The Morgan fingerprint density at radius 3 is 1.79 bits per heavy atom. The first-order valence-corrected chi connectivity index (χ1v) is 23.5. The Labute approximate surface area is 345 Å². The van der Waals surface area contributed by atoms with Crippen molar-refractivity contribution < 1.29 is 45.2 Å². The summed E-state index contributed by atoms with van der Waals surface area (Å²) in [6.07, 6.45) is 5.70. The van der Waals surface area contributed by atoms with E-state index in [1.807, 2.05) is 103 Å². The van der Waals surface area contributed by atoms with Gasteiger partial charge in [0.1, 0.15) is 0 Å². The number of nitrogens with one attached hydrogen (secondary N) is 2. The van der Waals surface area contributed by atoms with E-state index in [1.54, 1.807) is 4.90 Å². The van der Waals surface area contributed by atoms with E-state index < -0.39 is 38.0 Å². The Bertz CT molecular complexity index is 2220. The van der Waals surface area contributed by atoms with Crippen LogP contribution in [0.1, 0.15) is 59.8 Å². The topological polar surface area (TPSA) is 145 Å². The molecular weight excluding hydrogens is 775 g/mol. The van der Waals surface area contributed by atoms with Crippen molar-refractivity contribution in [3.05, 3.63) is 121 Å². The highest BCUT2D eigenvalue weighted by Gasteiger charge is 2.36. The summed E-state index contributed by atoms with van der Waals surface area (Å²) < 4.78 is 80.7. The van der Waals surface area contributed by atoms with Gasteiger partial charge in [-0.05, 0) is 98.9 Å². The molecule has 2 unspecified atom stereocenters. The van der Waals surface area contributed by atoms with E-state index >= 15 is 0 Å². The zero-order valence-corrected chi connectivity index (χ0v) is 35.6. The Kier molecular flexibility index (Phi) is 16.1. The average molecular weight is 832 g/mol. The highest BCUT2D eigenvalue weighted by Crippen LogP contribution is 2.42. The number of nitrogens with zero attached hydrogens (tertiary/aromatic N) is 1. The zero-order valence-electron chi connectivity index (χ0n) is 34.0. The molecule has 0 saturated heterocycles. The lowest BCUT2D eigenvalue weighted by atomic mass is 10.0. The van der Waals surface area contributed by atoms with Gasteiger partial charge in [0.25, 0.3) is 6.23 Å². The van der Waals surface area contributed by atoms with Crippen LogP contribution in [0.15, 0.2) is 121 Å². The van der Waals surface area contributed by atoms with Gasteiger partial charge in [0.05, 0.1) is 52.1 Å². The van der Waals surface area contributed by atoms with E-state index in [4.69, 9.17) is 9.47 Å². The molecule has 0 radical (unpaired) electrons. The second-order valence-electron chi connectivity index (χ2n) is 14.5. The maximum Gasteiger partial charge on any atom is 0.257 e. The van der Waals surface area contributed by atoms with Gasteiger partial charge in [0.15, 0.2) is 17.2 Å². The number of benzene rings is 4. The number of hydrogen-bond donors (Lipinski definition) is 2. The number of quaternary nitrogens is 2. The van der Waals surface area contributed by atoms with E-state index in [2.05, 4.69) is 39.0 Å². The van der Waals surface area contributed by atoms with Gasteiger partial charge in [0.2, 0.25) is 5.88 Å². The van der Waals surface area contributed by atoms with Crippen molar-refractivity contribution in [2.45, 2.75) is 66.0 Å². The number of rotatable bonds is 18. The van der Waals surface area contributed by atoms with Gasteiger partial charge in [0, 0.05) is 36.3 Å². The van der Waals surface area contributed by atoms with Crippen molar-refractivity contribution in [1.82, 2.24) is 0 Å². The fourth-order valence-electron chi connectivity index (χ4n) is 7.23. The summed E-state index contributed by atoms with van der Waals surface area (Å²) in [4.78, 5) is 4.71. The molecule has 6 rings (SSSR count). The predicted molar refractivity (Wildman–Crippen MR) is 228 cm³/mol. The van der Waals surface area contributed by atoms with Gasteiger partial charge >= 0.3 is 0 Å². The standard InChI is InChI=1S/C39H42N2O8S2.C6H15N/c1-2-29(25-38-40(21-9-11-23-50(42,43)44)34-27-32(17-19-36(34)48-38)30-13-5-3-6-14-30)26-39-41(22-10-12-24-51(45,46)47)35-28-33(18-20-37(35)49-39)31-15-7-4-8-16-31;1-4-7(5-2)6-3/h3-8,13-20,25-28,38H,2,9-12,21-24H2,1H3,(H,42,43,44)(H,45,46,47);4-6H2,1-3H3/b29-25-,39-26+;. The fraction of sp³-hybridized carbons (Fsp3) is 0.378. The minimum absolute atomic E-state index is 0.227.